The number of hydrogen-bond donors (Lipinski definition) is 0. The molecule has 0 radical (unpaired) electrons. The quantitative estimate of drug-likeness (QED) is 0.678. The molecule has 1 amide bonds. The lowest BCUT2D eigenvalue weighted by Crippen LogP contribution is -2.44. The highest BCUT2D eigenvalue weighted by molar-refractivity contribution is 5.85. The molecule has 6 heteroatoms. The van der Waals surface area contributed by atoms with Crippen LogP contribution in [-0.4, -0.2) is 66.6 Å². The first kappa shape index (κ1) is 20.8. The normalized spacial score (nSPS) is 27.2. The highest BCUT2D eigenvalue weighted by Crippen LogP contribution is 2.29. The summed E-state index contributed by atoms with van der Waals surface area (Å²) in [7, 11) is 0. The number of esters is 1. The Bertz CT molecular complexity index is 822. The highest BCUT2D eigenvalue weighted by atomic mass is 16.5. The van der Waals surface area contributed by atoms with Crippen molar-refractivity contribution in [1.82, 2.24) is 9.80 Å². The van der Waals surface area contributed by atoms with Gasteiger partial charge in [0.05, 0.1) is 25.0 Å². The van der Waals surface area contributed by atoms with Crippen LogP contribution in [-0.2, 0) is 27.2 Å². The maximum absolute atomic E-state index is 13.0. The van der Waals surface area contributed by atoms with Crippen molar-refractivity contribution < 1.29 is 19.1 Å². The zero-order valence-electron chi connectivity index (χ0n) is 18.4. The molecule has 5 rings (SSSR count). The first-order chi connectivity index (χ1) is 15.2. The Labute approximate surface area is 184 Å². The maximum Gasteiger partial charge on any atom is 0.306 e. The van der Waals surface area contributed by atoms with Crippen molar-refractivity contribution in [3.8, 4) is 5.75 Å². The van der Waals surface area contributed by atoms with Crippen molar-refractivity contribution >= 4 is 11.9 Å². The predicted molar refractivity (Wildman–Crippen MR) is 117 cm³/mol. The van der Waals surface area contributed by atoms with E-state index < -0.39 is 0 Å². The molecule has 0 aromatic heterocycles. The van der Waals surface area contributed by atoms with Crippen LogP contribution in [0.25, 0.3) is 0 Å². The van der Waals surface area contributed by atoms with Gasteiger partial charge in [-0.25, -0.2) is 0 Å². The molecule has 1 aromatic rings. The van der Waals surface area contributed by atoms with Gasteiger partial charge in [-0.15, -0.1) is 0 Å². The van der Waals surface area contributed by atoms with Gasteiger partial charge < -0.3 is 14.4 Å². The van der Waals surface area contributed by atoms with Crippen molar-refractivity contribution in [3.63, 3.8) is 0 Å². The monoisotopic (exact) mass is 426 g/mol. The minimum absolute atomic E-state index is 0.0957. The molecule has 1 saturated carbocycles. The van der Waals surface area contributed by atoms with Crippen LogP contribution in [0, 0.1) is 5.92 Å². The second kappa shape index (κ2) is 9.19. The second-order valence-electron chi connectivity index (χ2n) is 9.60. The zero-order chi connectivity index (χ0) is 21.2. The van der Waals surface area contributed by atoms with Crippen molar-refractivity contribution in [2.24, 2.45) is 5.92 Å². The molecule has 4 aliphatic rings. The molecular formula is C25H34N2O4. The molecule has 1 aliphatic carbocycles. The summed E-state index contributed by atoms with van der Waals surface area (Å²) in [5, 5.41) is 0. The van der Waals surface area contributed by atoms with Crippen molar-refractivity contribution in [2.45, 2.75) is 69.9 Å². The third kappa shape index (κ3) is 4.59. The molecule has 3 fully saturated rings. The molecule has 3 heterocycles. The van der Waals surface area contributed by atoms with Gasteiger partial charge in [-0.3, -0.25) is 14.5 Å². The molecule has 3 aliphatic heterocycles. The van der Waals surface area contributed by atoms with Gasteiger partial charge in [-0.05, 0) is 68.2 Å². The lowest BCUT2D eigenvalue weighted by atomic mass is 9.91. The Morgan fingerprint density at radius 3 is 2.65 bits per heavy atom. The molecule has 2 atom stereocenters. The first-order valence-corrected chi connectivity index (χ1v) is 12.1. The van der Waals surface area contributed by atoms with Crippen LogP contribution in [0.2, 0.25) is 0 Å². The lowest BCUT2D eigenvalue weighted by molar-refractivity contribution is -0.155. The average molecular weight is 427 g/mol. The third-order valence-corrected chi connectivity index (χ3v) is 7.70. The summed E-state index contributed by atoms with van der Waals surface area (Å²) >= 11 is 0. The van der Waals surface area contributed by atoms with E-state index in [0.29, 0.717) is 19.6 Å². The van der Waals surface area contributed by atoms with Gasteiger partial charge in [0.25, 0.3) is 0 Å². The number of benzene rings is 1. The van der Waals surface area contributed by atoms with Crippen LogP contribution >= 0.6 is 0 Å². The predicted octanol–water partition coefficient (Wildman–Crippen LogP) is 2.96. The summed E-state index contributed by atoms with van der Waals surface area (Å²) in [5.74, 6) is 0.530. The van der Waals surface area contributed by atoms with Gasteiger partial charge in [0.2, 0.25) is 5.91 Å². The van der Waals surface area contributed by atoms with Gasteiger partial charge in [-0.2, -0.15) is 0 Å². The van der Waals surface area contributed by atoms with E-state index in [2.05, 4.69) is 23.1 Å². The van der Waals surface area contributed by atoms with Gasteiger partial charge in [-0.1, -0.05) is 12.5 Å². The number of fused-ring (bicyclic) bond motifs is 1. The zero-order valence-corrected chi connectivity index (χ0v) is 18.4. The number of hydrogen-bond acceptors (Lipinski definition) is 5. The molecule has 0 N–H and O–H groups in total. The number of rotatable bonds is 5. The third-order valence-electron chi connectivity index (χ3n) is 7.70. The lowest BCUT2D eigenvalue weighted by Gasteiger charge is -2.36. The number of cyclic esters (lactones) is 1. The van der Waals surface area contributed by atoms with Crippen molar-refractivity contribution in [1.29, 1.82) is 0 Å². The number of ether oxygens (including phenoxy) is 2. The number of carbonyl (C=O) groups is 2. The Morgan fingerprint density at radius 2 is 1.87 bits per heavy atom. The molecular weight excluding hydrogens is 392 g/mol. The number of amides is 1. The first-order valence-electron chi connectivity index (χ1n) is 12.1. The minimum atomic E-state index is -0.252. The summed E-state index contributed by atoms with van der Waals surface area (Å²) in [6.07, 6.45) is 9.14. The smallest absolute Gasteiger partial charge is 0.306 e. The second-order valence-corrected chi connectivity index (χ2v) is 9.60. The van der Waals surface area contributed by atoms with E-state index in [1.165, 1.54) is 36.9 Å². The fourth-order valence-electron chi connectivity index (χ4n) is 5.54. The van der Waals surface area contributed by atoms with E-state index >= 15 is 0 Å². The Morgan fingerprint density at radius 1 is 1.03 bits per heavy atom. The largest absolute Gasteiger partial charge is 0.491 e. The van der Waals surface area contributed by atoms with Crippen LogP contribution in [0.15, 0.2) is 18.2 Å². The van der Waals surface area contributed by atoms with Crippen LogP contribution in [0.3, 0.4) is 0 Å². The van der Waals surface area contributed by atoms with E-state index in [-0.39, 0.29) is 30.3 Å². The van der Waals surface area contributed by atoms with Gasteiger partial charge in [0.15, 0.2) is 0 Å². The standard InChI is InChI=1S/C25H34N2O4/c28-24-16-20(10-14-30-24)25(29)27-11-2-5-22(27)17-31-23-7-6-18-8-12-26(21-3-1-4-21)13-9-19(18)15-23/h6-7,15,20-22H,1-5,8-14,16-17H2/t20?,22-/m1/s1. The van der Waals surface area contributed by atoms with Crippen LogP contribution < -0.4 is 4.74 Å². The minimum Gasteiger partial charge on any atom is -0.491 e. The summed E-state index contributed by atoms with van der Waals surface area (Å²) < 4.78 is 11.2. The van der Waals surface area contributed by atoms with Gasteiger partial charge in [0, 0.05) is 25.7 Å². The van der Waals surface area contributed by atoms with E-state index in [1.54, 1.807) is 0 Å². The Kier molecular flexibility index (Phi) is 6.17. The van der Waals surface area contributed by atoms with Gasteiger partial charge in [0.1, 0.15) is 12.4 Å². The topological polar surface area (TPSA) is 59.1 Å². The summed E-state index contributed by atoms with van der Waals surface area (Å²) in [6.45, 7) is 3.97. The maximum atomic E-state index is 13.0. The molecule has 1 unspecified atom stereocenters. The highest BCUT2D eigenvalue weighted by Gasteiger charge is 2.36. The average Bonchev–Trinajstić information content (AvgIpc) is 3.12. The van der Waals surface area contributed by atoms with E-state index in [0.717, 1.165) is 50.6 Å². The molecule has 31 heavy (non-hydrogen) atoms. The molecule has 6 nitrogen and oxygen atoms in total. The SMILES string of the molecule is O=C1CC(C(=O)N2CCC[C@@H]2COc2ccc3c(c2)CCN(C2CCC2)CC3)CCO1. The van der Waals surface area contributed by atoms with Gasteiger partial charge >= 0.3 is 5.97 Å². The fraction of sp³-hybridized carbons (Fsp3) is 0.680. The molecule has 0 spiro atoms. The summed E-state index contributed by atoms with van der Waals surface area (Å²) in [4.78, 5) is 29.2. The number of carbonyl (C=O) groups excluding carboxylic acids is 2. The van der Waals surface area contributed by atoms with Crippen LogP contribution in [0.4, 0.5) is 0 Å². The summed E-state index contributed by atoms with van der Waals surface area (Å²) in [6, 6.07) is 7.45. The number of nitrogens with zero attached hydrogens (tertiary/aromatic N) is 2. The Balaban J connectivity index is 1.18. The van der Waals surface area contributed by atoms with E-state index in [4.69, 9.17) is 9.47 Å². The summed E-state index contributed by atoms with van der Waals surface area (Å²) in [5.41, 5.74) is 2.87. The van der Waals surface area contributed by atoms with Crippen molar-refractivity contribution in [2.75, 3.05) is 32.8 Å². The number of likely N-dealkylation sites (tertiary alicyclic amines) is 1. The van der Waals surface area contributed by atoms with Crippen LogP contribution in [0.1, 0.15) is 56.1 Å². The van der Waals surface area contributed by atoms with E-state index in [9.17, 15) is 9.59 Å². The van der Waals surface area contributed by atoms with E-state index in [1.807, 2.05) is 4.90 Å². The van der Waals surface area contributed by atoms with Crippen LogP contribution in [0.5, 0.6) is 5.75 Å². The fourth-order valence-corrected chi connectivity index (χ4v) is 5.54. The Hall–Kier alpha value is -2.08. The molecule has 168 valence electrons. The molecule has 1 aromatic carbocycles. The van der Waals surface area contributed by atoms with Crippen molar-refractivity contribution in [3.05, 3.63) is 29.3 Å². The molecule has 0 bridgehead atoms. The molecule has 2 saturated heterocycles.